The van der Waals surface area contributed by atoms with Crippen molar-refractivity contribution in [2.45, 2.75) is 38.9 Å². The molecule has 104 valence electrons. The van der Waals surface area contributed by atoms with Crippen molar-refractivity contribution in [1.82, 2.24) is 4.90 Å². The van der Waals surface area contributed by atoms with Gasteiger partial charge >= 0.3 is 6.09 Å². The van der Waals surface area contributed by atoms with Gasteiger partial charge in [0.15, 0.2) is 5.78 Å². The molecular formula is C12H22N2O4. The predicted octanol–water partition coefficient (Wildman–Crippen LogP) is 0.540. The first-order valence-corrected chi connectivity index (χ1v) is 6.16. The van der Waals surface area contributed by atoms with Gasteiger partial charge in [0.25, 0.3) is 0 Å². The van der Waals surface area contributed by atoms with Crippen LogP contribution in [-0.4, -0.2) is 54.7 Å². The van der Waals surface area contributed by atoms with E-state index in [1.54, 1.807) is 0 Å². The van der Waals surface area contributed by atoms with Crippen LogP contribution in [0, 0.1) is 0 Å². The number of ketones is 1. The Labute approximate surface area is 107 Å². The molecule has 18 heavy (non-hydrogen) atoms. The van der Waals surface area contributed by atoms with Crippen LogP contribution in [0.25, 0.3) is 0 Å². The SMILES string of the molecule is CC(C)(C)OC(=O)N1CCOC(C(=O)CCN)C1. The van der Waals surface area contributed by atoms with Crippen molar-refractivity contribution in [3.05, 3.63) is 0 Å². The maximum Gasteiger partial charge on any atom is 0.410 e. The lowest BCUT2D eigenvalue weighted by molar-refractivity contribution is -0.135. The molecule has 0 radical (unpaired) electrons. The van der Waals surface area contributed by atoms with Crippen LogP contribution < -0.4 is 5.73 Å². The minimum absolute atomic E-state index is 0.0641. The number of nitrogens with two attached hydrogens (primary N) is 1. The molecule has 1 aliphatic heterocycles. The Balaban J connectivity index is 2.53. The van der Waals surface area contributed by atoms with E-state index in [2.05, 4.69) is 0 Å². The van der Waals surface area contributed by atoms with Crippen LogP contribution in [0.2, 0.25) is 0 Å². The van der Waals surface area contributed by atoms with Gasteiger partial charge in [-0.05, 0) is 27.3 Å². The first kappa shape index (κ1) is 14.9. The number of Topliss-reactive ketones (excluding diaryl/α,β-unsaturated/α-hetero) is 1. The van der Waals surface area contributed by atoms with E-state index in [0.717, 1.165) is 0 Å². The van der Waals surface area contributed by atoms with E-state index >= 15 is 0 Å². The molecule has 0 bridgehead atoms. The lowest BCUT2D eigenvalue weighted by atomic mass is 10.1. The van der Waals surface area contributed by atoms with Crippen LogP contribution in [0.5, 0.6) is 0 Å². The zero-order valence-electron chi connectivity index (χ0n) is 11.3. The Morgan fingerprint density at radius 2 is 2.11 bits per heavy atom. The molecule has 1 amide bonds. The van der Waals surface area contributed by atoms with Crippen LogP contribution in [0.15, 0.2) is 0 Å². The number of rotatable bonds is 3. The highest BCUT2D eigenvalue weighted by Gasteiger charge is 2.31. The van der Waals surface area contributed by atoms with Gasteiger partial charge in [-0.15, -0.1) is 0 Å². The summed E-state index contributed by atoms with van der Waals surface area (Å²) in [6.07, 6.45) is -0.710. The number of ether oxygens (including phenoxy) is 2. The third kappa shape index (κ3) is 4.62. The van der Waals surface area contributed by atoms with E-state index < -0.39 is 17.8 Å². The summed E-state index contributed by atoms with van der Waals surface area (Å²) in [5.41, 5.74) is 4.80. The molecule has 1 saturated heterocycles. The first-order valence-electron chi connectivity index (χ1n) is 6.16. The van der Waals surface area contributed by atoms with Gasteiger partial charge in [-0.3, -0.25) is 4.79 Å². The fourth-order valence-electron chi connectivity index (χ4n) is 1.64. The van der Waals surface area contributed by atoms with Crippen LogP contribution in [0.3, 0.4) is 0 Å². The molecule has 0 aromatic carbocycles. The largest absolute Gasteiger partial charge is 0.444 e. The summed E-state index contributed by atoms with van der Waals surface area (Å²) in [7, 11) is 0. The fourth-order valence-corrected chi connectivity index (χ4v) is 1.64. The van der Waals surface area contributed by atoms with E-state index in [1.165, 1.54) is 4.90 Å². The summed E-state index contributed by atoms with van der Waals surface area (Å²) >= 11 is 0. The van der Waals surface area contributed by atoms with E-state index in [-0.39, 0.29) is 18.7 Å². The predicted molar refractivity (Wildman–Crippen MR) is 66.2 cm³/mol. The van der Waals surface area contributed by atoms with E-state index in [1.807, 2.05) is 20.8 Å². The van der Waals surface area contributed by atoms with Gasteiger partial charge in [0.2, 0.25) is 0 Å². The monoisotopic (exact) mass is 258 g/mol. The number of nitrogens with zero attached hydrogens (tertiary/aromatic N) is 1. The van der Waals surface area contributed by atoms with Crippen LogP contribution in [0.4, 0.5) is 4.79 Å². The summed E-state index contributed by atoms with van der Waals surface area (Å²) < 4.78 is 10.6. The summed E-state index contributed by atoms with van der Waals surface area (Å²) in [5.74, 6) is -0.0641. The average Bonchev–Trinajstić information content (AvgIpc) is 2.27. The fraction of sp³-hybridized carbons (Fsp3) is 0.833. The van der Waals surface area contributed by atoms with Gasteiger partial charge in [0.05, 0.1) is 13.2 Å². The molecule has 0 saturated carbocycles. The van der Waals surface area contributed by atoms with Gasteiger partial charge in [-0.25, -0.2) is 4.79 Å². The van der Waals surface area contributed by atoms with Gasteiger partial charge in [0, 0.05) is 13.0 Å². The number of morpholine rings is 1. The standard InChI is InChI=1S/C12H22N2O4/c1-12(2,3)18-11(16)14-6-7-17-10(8-14)9(15)4-5-13/h10H,4-8,13H2,1-3H3. The topological polar surface area (TPSA) is 81.9 Å². The molecule has 6 nitrogen and oxygen atoms in total. The molecule has 0 aromatic heterocycles. The van der Waals surface area contributed by atoms with Crippen LogP contribution in [-0.2, 0) is 14.3 Å². The second-order valence-corrected chi connectivity index (χ2v) is 5.29. The van der Waals surface area contributed by atoms with E-state index in [0.29, 0.717) is 19.7 Å². The van der Waals surface area contributed by atoms with Crippen molar-refractivity contribution in [3.63, 3.8) is 0 Å². The second-order valence-electron chi connectivity index (χ2n) is 5.29. The van der Waals surface area contributed by atoms with Crippen molar-refractivity contribution < 1.29 is 19.1 Å². The summed E-state index contributed by atoms with van der Waals surface area (Å²) in [4.78, 5) is 25.0. The number of hydrogen-bond acceptors (Lipinski definition) is 5. The first-order chi connectivity index (χ1) is 8.33. The minimum Gasteiger partial charge on any atom is -0.444 e. The molecule has 1 rings (SSSR count). The van der Waals surface area contributed by atoms with Crippen molar-refractivity contribution in [1.29, 1.82) is 0 Å². The Morgan fingerprint density at radius 1 is 1.44 bits per heavy atom. The maximum absolute atomic E-state index is 11.9. The lowest BCUT2D eigenvalue weighted by Gasteiger charge is -2.33. The molecule has 1 aliphatic rings. The maximum atomic E-state index is 11.9. The molecule has 1 unspecified atom stereocenters. The molecule has 0 aromatic rings. The van der Waals surface area contributed by atoms with Crippen LogP contribution in [0.1, 0.15) is 27.2 Å². The highest BCUT2D eigenvalue weighted by molar-refractivity contribution is 5.84. The number of carbonyl (C=O) groups is 2. The van der Waals surface area contributed by atoms with Crippen molar-refractivity contribution in [3.8, 4) is 0 Å². The summed E-state index contributed by atoms with van der Waals surface area (Å²) in [5, 5.41) is 0. The smallest absolute Gasteiger partial charge is 0.410 e. The van der Waals surface area contributed by atoms with Gasteiger partial charge in [-0.2, -0.15) is 0 Å². The Morgan fingerprint density at radius 3 is 2.67 bits per heavy atom. The molecule has 1 heterocycles. The molecule has 0 aliphatic carbocycles. The van der Waals surface area contributed by atoms with Gasteiger partial charge < -0.3 is 20.1 Å². The van der Waals surface area contributed by atoms with Crippen molar-refractivity contribution in [2.24, 2.45) is 5.73 Å². The number of carbonyl (C=O) groups excluding carboxylic acids is 2. The summed E-state index contributed by atoms with van der Waals surface area (Å²) in [6, 6.07) is 0. The summed E-state index contributed by atoms with van der Waals surface area (Å²) in [6.45, 7) is 6.76. The molecular weight excluding hydrogens is 236 g/mol. The quantitative estimate of drug-likeness (QED) is 0.799. The Bertz CT molecular complexity index is 312. The third-order valence-electron chi connectivity index (χ3n) is 2.47. The van der Waals surface area contributed by atoms with E-state index in [4.69, 9.17) is 15.2 Å². The number of hydrogen-bond donors (Lipinski definition) is 1. The van der Waals surface area contributed by atoms with Crippen molar-refractivity contribution >= 4 is 11.9 Å². The third-order valence-corrected chi connectivity index (χ3v) is 2.47. The highest BCUT2D eigenvalue weighted by Crippen LogP contribution is 2.13. The molecule has 1 atom stereocenters. The average molecular weight is 258 g/mol. The molecule has 2 N–H and O–H groups in total. The lowest BCUT2D eigenvalue weighted by Crippen LogP contribution is -2.50. The Kier molecular flexibility index (Phi) is 5.10. The number of amides is 1. The Hall–Kier alpha value is -1.14. The molecule has 0 spiro atoms. The highest BCUT2D eigenvalue weighted by atomic mass is 16.6. The zero-order valence-corrected chi connectivity index (χ0v) is 11.3. The minimum atomic E-state index is -0.574. The van der Waals surface area contributed by atoms with Gasteiger partial charge in [-0.1, -0.05) is 0 Å². The van der Waals surface area contributed by atoms with E-state index in [9.17, 15) is 9.59 Å². The molecule has 6 heteroatoms. The zero-order chi connectivity index (χ0) is 13.8. The second kappa shape index (κ2) is 6.15. The van der Waals surface area contributed by atoms with Crippen molar-refractivity contribution in [2.75, 3.05) is 26.2 Å². The molecule has 1 fully saturated rings. The van der Waals surface area contributed by atoms with Gasteiger partial charge in [0.1, 0.15) is 11.7 Å². The van der Waals surface area contributed by atoms with Crippen LogP contribution >= 0.6 is 0 Å². The normalized spacial score (nSPS) is 20.7.